The molecule has 1 aliphatic rings. The van der Waals surface area contributed by atoms with Crippen molar-refractivity contribution < 1.29 is 4.42 Å². The van der Waals surface area contributed by atoms with Crippen LogP contribution in [0.1, 0.15) is 25.0 Å². The van der Waals surface area contributed by atoms with Crippen LogP contribution in [0.15, 0.2) is 186 Å². The molecule has 276 valence electrons. The Hall–Kier alpha value is -7.42. The van der Waals surface area contributed by atoms with Crippen LogP contribution < -0.4 is 0 Å². The van der Waals surface area contributed by atoms with E-state index in [1.165, 1.54) is 104 Å². The molecule has 2 heteroatoms. The second-order valence-electron chi connectivity index (χ2n) is 16.9. The van der Waals surface area contributed by atoms with Gasteiger partial charge in [-0.15, -0.1) is 0 Å². The van der Waals surface area contributed by atoms with Crippen molar-refractivity contribution in [1.82, 2.24) is 4.98 Å². The van der Waals surface area contributed by atoms with Crippen LogP contribution in [0, 0.1) is 0 Å². The molecular formula is C57H37NO. The van der Waals surface area contributed by atoms with E-state index in [-0.39, 0.29) is 5.41 Å². The molecule has 0 radical (unpaired) electrons. The number of fused-ring (bicyclic) bond motifs is 13. The summed E-state index contributed by atoms with van der Waals surface area (Å²) in [7, 11) is 0. The predicted octanol–water partition coefficient (Wildman–Crippen LogP) is 16.0. The third-order valence-corrected chi connectivity index (χ3v) is 13.4. The van der Waals surface area contributed by atoms with Gasteiger partial charge in [-0.05, 0) is 119 Å². The highest BCUT2D eigenvalue weighted by Crippen LogP contribution is 2.53. The Morgan fingerprint density at radius 1 is 0.390 bits per heavy atom. The number of para-hydroxylation sites is 2. The summed E-state index contributed by atoms with van der Waals surface area (Å²) in [5, 5.41) is 12.3. The van der Waals surface area contributed by atoms with E-state index >= 15 is 0 Å². The van der Waals surface area contributed by atoms with E-state index in [1.807, 2.05) is 0 Å². The van der Waals surface area contributed by atoms with E-state index in [0.29, 0.717) is 0 Å². The van der Waals surface area contributed by atoms with Crippen molar-refractivity contribution in [3.05, 3.63) is 193 Å². The molecule has 0 bridgehead atoms. The van der Waals surface area contributed by atoms with Gasteiger partial charge in [-0.25, -0.2) is 0 Å². The lowest BCUT2D eigenvalue weighted by atomic mass is 9.80. The minimum atomic E-state index is -0.0818. The fourth-order valence-electron chi connectivity index (χ4n) is 10.7. The van der Waals surface area contributed by atoms with E-state index in [1.54, 1.807) is 0 Å². The van der Waals surface area contributed by atoms with Gasteiger partial charge in [0.05, 0.1) is 5.52 Å². The van der Waals surface area contributed by atoms with Crippen LogP contribution in [0.4, 0.5) is 0 Å². The number of furan rings is 1. The minimum absolute atomic E-state index is 0.0818. The Morgan fingerprint density at radius 2 is 0.966 bits per heavy atom. The van der Waals surface area contributed by atoms with Crippen molar-refractivity contribution in [2.24, 2.45) is 0 Å². The molecule has 0 fully saturated rings. The molecule has 0 unspecified atom stereocenters. The third kappa shape index (κ3) is 4.52. The first kappa shape index (κ1) is 32.6. The van der Waals surface area contributed by atoms with Gasteiger partial charge in [-0.1, -0.05) is 159 Å². The van der Waals surface area contributed by atoms with Crippen molar-refractivity contribution in [3.63, 3.8) is 0 Å². The Morgan fingerprint density at radius 3 is 1.71 bits per heavy atom. The monoisotopic (exact) mass is 751 g/mol. The number of nitrogens with one attached hydrogen (secondary N) is 1. The molecular weight excluding hydrogens is 715 g/mol. The first-order valence-electron chi connectivity index (χ1n) is 20.6. The van der Waals surface area contributed by atoms with Crippen molar-refractivity contribution in [2.45, 2.75) is 19.3 Å². The van der Waals surface area contributed by atoms with Crippen LogP contribution in [0.25, 0.3) is 121 Å². The highest BCUT2D eigenvalue weighted by Gasteiger charge is 2.37. The molecule has 1 N–H and O–H groups in total. The second-order valence-corrected chi connectivity index (χ2v) is 16.9. The lowest BCUT2D eigenvalue weighted by Crippen LogP contribution is -2.15. The maximum atomic E-state index is 6.54. The SMILES string of the molecule is CC1(C)c2ccc(-c3ccc4oc5ccc(-c6c7ccccc7c(-c7cccc8c7[nH]c7ccccc78)c7ccccc67)cc5c4c3)cc2-c2ccc3ccccc3c21. The highest BCUT2D eigenvalue weighted by atomic mass is 16.3. The zero-order valence-corrected chi connectivity index (χ0v) is 32.7. The maximum Gasteiger partial charge on any atom is 0.135 e. The van der Waals surface area contributed by atoms with Gasteiger partial charge in [0.2, 0.25) is 0 Å². The summed E-state index contributed by atoms with van der Waals surface area (Å²) >= 11 is 0. The van der Waals surface area contributed by atoms with Gasteiger partial charge in [0.15, 0.2) is 0 Å². The zero-order chi connectivity index (χ0) is 39.0. The van der Waals surface area contributed by atoms with E-state index < -0.39 is 0 Å². The van der Waals surface area contributed by atoms with Gasteiger partial charge in [-0.2, -0.15) is 0 Å². The molecule has 13 rings (SSSR count). The largest absolute Gasteiger partial charge is 0.456 e. The number of aromatic nitrogens is 1. The number of benzene rings is 10. The normalized spacial score (nSPS) is 13.4. The van der Waals surface area contributed by atoms with E-state index in [0.717, 1.165) is 27.5 Å². The number of aromatic amines is 1. The molecule has 0 saturated carbocycles. The van der Waals surface area contributed by atoms with Crippen LogP contribution >= 0.6 is 0 Å². The molecule has 2 nitrogen and oxygen atoms in total. The molecule has 1 aliphatic carbocycles. The average molecular weight is 752 g/mol. The van der Waals surface area contributed by atoms with E-state index in [4.69, 9.17) is 4.42 Å². The standard InChI is InChI=1S/C57H37NO/c1-57(2)49-27-23-34(30-46(49)43-26-22-33-12-3-4-13-37(33)55(43)57)35-24-28-51-47(31-35)48-32-36(25-29-52(48)59-51)53-39-15-5-7-17-41(39)54(42-18-8-6-16-40(42)53)45-20-11-19-44-38-14-9-10-21-50(38)58-56(44)45/h3-32,58H,1-2H3. The fourth-order valence-corrected chi connectivity index (χ4v) is 10.7. The summed E-state index contributed by atoms with van der Waals surface area (Å²) < 4.78 is 6.54. The van der Waals surface area contributed by atoms with Gasteiger partial charge >= 0.3 is 0 Å². The van der Waals surface area contributed by atoms with Crippen LogP contribution in [0.3, 0.4) is 0 Å². The van der Waals surface area contributed by atoms with Crippen molar-refractivity contribution in [1.29, 1.82) is 0 Å². The summed E-state index contributed by atoms with van der Waals surface area (Å²) in [4.78, 5) is 3.79. The Balaban J connectivity index is 0.993. The summed E-state index contributed by atoms with van der Waals surface area (Å²) in [5.41, 5.74) is 16.8. The van der Waals surface area contributed by atoms with Crippen molar-refractivity contribution >= 4 is 76.1 Å². The third-order valence-electron chi connectivity index (χ3n) is 13.4. The van der Waals surface area contributed by atoms with Gasteiger partial charge in [0.1, 0.15) is 11.2 Å². The Kier molecular flexibility index (Phi) is 6.54. The number of H-pyrrole nitrogens is 1. The number of hydrogen-bond donors (Lipinski definition) is 1. The Bertz CT molecular complexity index is 3710. The quantitative estimate of drug-likeness (QED) is 0.179. The lowest BCUT2D eigenvalue weighted by molar-refractivity contribution is 0.666. The van der Waals surface area contributed by atoms with Gasteiger partial charge in [0.25, 0.3) is 0 Å². The molecule has 0 atom stereocenters. The first-order valence-corrected chi connectivity index (χ1v) is 20.6. The predicted molar refractivity (Wildman–Crippen MR) is 249 cm³/mol. The molecule has 2 heterocycles. The zero-order valence-electron chi connectivity index (χ0n) is 32.7. The highest BCUT2D eigenvalue weighted by molar-refractivity contribution is 6.25. The smallest absolute Gasteiger partial charge is 0.135 e. The fraction of sp³-hybridized carbons (Fsp3) is 0.0526. The molecule has 0 aliphatic heterocycles. The number of rotatable bonds is 3. The Labute approximate surface area is 341 Å². The molecule has 2 aromatic heterocycles. The van der Waals surface area contributed by atoms with Gasteiger partial charge in [-0.3, -0.25) is 0 Å². The second kappa shape index (κ2) is 11.8. The lowest BCUT2D eigenvalue weighted by Gasteiger charge is -2.23. The van der Waals surface area contributed by atoms with Gasteiger partial charge < -0.3 is 9.40 Å². The molecule has 0 amide bonds. The summed E-state index contributed by atoms with van der Waals surface area (Å²) in [5.74, 6) is 0. The van der Waals surface area contributed by atoms with Gasteiger partial charge in [0, 0.05) is 38.0 Å². The summed E-state index contributed by atoms with van der Waals surface area (Å²) in [6, 6.07) is 67.1. The molecule has 10 aromatic carbocycles. The molecule has 12 aromatic rings. The summed E-state index contributed by atoms with van der Waals surface area (Å²) in [6.07, 6.45) is 0. The van der Waals surface area contributed by atoms with Crippen LogP contribution in [-0.4, -0.2) is 4.98 Å². The summed E-state index contributed by atoms with van der Waals surface area (Å²) in [6.45, 7) is 4.74. The molecule has 59 heavy (non-hydrogen) atoms. The van der Waals surface area contributed by atoms with Crippen LogP contribution in [0.2, 0.25) is 0 Å². The maximum absolute atomic E-state index is 6.54. The average Bonchev–Trinajstić information content (AvgIpc) is 3.92. The van der Waals surface area contributed by atoms with Crippen molar-refractivity contribution in [2.75, 3.05) is 0 Å². The van der Waals surface area contributed by atoms with Crippen LogP contribution in [0.5, 0.6) is 0 Å². The molecule has 0 spiro atoms. The van der Waals surface area contributed by atoms with E-state index in [2.05, 4.69) is 201 Å². The van der Waals surface area contributed by atoms with Crippen LogP contribution in [-0.2, 0) is 5.41 Å². The van der Waals surface area contributed by atoms with Crippen molar-refractivity contribution in [3.8, 4) is 44.5 Å². The number of hydrogen-bond acceptors (Lipinski definition) is 1. The van der Waals surface area contributed by atoms with E-state index in [9.17, 15) is 0 Å². The minimum Gasteiger partial charge on any atom is -0.456 e. The first-order chi connectivity index (χ1) is 29.0. The topological polar surface area (TPSA) is 28.9 Å². The molecule has 0 saturated heterocycles.